The van der Waals surface area contributed by atoms with Crippen LogP contribution in [0.25, 0.3) is 22.1 Å². The van der Waals surface area contributed by atoms with Crippen molar-refractivity contribution in [3.63, 3.8) is 0 Å². The zero-order chi connectivity index (χ0) is 25.4. The average molecular weight is 489 g/mol. The summed E-state index contributed by atoms with van der Waals surface area (Å²) in [7, 11) is 1.46. The number of azo groups is 1. The minimum Gasteiger partial charge on any atom is -0.493 e. The molecule has 0 fully saturated rings. The van der Waals surface area contributed by atoms with E-state index in [1.54, 1.807) is 30.3 Å². The number of H-pyrrole nitrogens is 2. The lowest BCUT2D eigenvalue weighted by atomic mass is 10.2. The summed E-state index contributed by atoms with van der Waals surface area (Å²) in [6, 6.07) is 14.5. The molecular weight excluding hydrogens is 466 g/mol. The number of nitrogens with zero attached hydrogens (tertiary/aromatic N) is 5. The largest absolute Gasteiger partial charge is 0.493 e. The van der Waals surface area contributed by atoms with Crippen LogP contribution in [0.2, 0.25) is 0 Å². The van der Waals surface area contributed by atoms with Gasteiger partial charge in [0.25, 0.3) is 11.5 Å². The number of hydrogen-bond donors (Lipinski definition) is 4. The summed E-state index contributed by atoms with van der Waals surface area (Å²) in [5, 5.41) is 30.0. The molecule has 5 rings (SSSR count). The van der Waals surface area contributed by atoms with Crippen molar-refractivity contribution < 1.29 is 14.9 Å². The van der Waals surface area contributed by atoms with Gasteiger partial charge in [-0.3, -0.25) is 18.9 Å². The Hall–Kier alpha value is -4.71. The third-order valence-electron chi connectivity index (χ3n) is 5.74. The monoisotopic (exact) mass is 489 g/mol. The van der Waals surface area contributed by atoms with Crippen LogP contribution in [0.5, 0.6) is 11.6 Å². The second-order valence-corrected chi connectivity index (χ2v) is 8.36. The Morgan fingerprint density at radius 1 is 1.08 bits per heavy atom. The van der Waals surface area contributed by atoms with Gasteiger partial charge in [-0.1, -0.05) is 35.9 Å². The smallest absolute Gasteiger partial charge is 0.329 e. The van der Waals surface area contributed by atoms with Gasteiger partial charge in [0.1, 0.15) is 18.5 Å². The third kappa shape index (κ3) is 4.25. The van der Waals surface area contributed by atoms with E-state index in [0.29, 0.717) is 16.7 Å². The highest BCUT2D eigenvalue weighted by Gasteiger charge is 2.20. The number of imidazole rings is 1. The molecule has 3 heterocycles. The van der Waals surface area contributed by atoms with E-state index in [9.17, 15) is 19.8 Å². The van der Waals surface area contributed by atoms with Crippen LogP contribution in [0.3, 0.4) is 0 Å². The van der Waals surface area contributed by atoms with E-state index < -0.39 is 17.4 Å². The van der Waals surface area contributed by atoms with Gasteiger partial charge >= 0.3 is 5.69 Å². The van der Waals surface area contributed by atoms with E-state index >= 15 is 0 Å². The van der Waals surface area contributed by atoms with Gasteiger partial charge in [-0.2, -0.15) is 4.98 Å². The molecule has 2 aromatic carbocycles. The minimum absolute atomic E-state index is 0.0317. The van der Waals surface area contributed by atoms with Gasteiger partial charge < -0.3 is 19.9 Å². The number of fused-ring (bicyclic) bond motifs is 2. The van der Waals surface area contributed by atoms with Crippen molar-refractivity contribution in [1.29, 1.82) is 0 Å². The maximum absolute atomic E-state index is 12.7. The Kier molecular flexibility index (Phi) is 5.86. The number of aromatic nitrogens is 5. The topological polar surface area (TPSA) is 163 Å². The first-order valence-electron chi connectivity index (χ1n) is 11.1. The summed E-state index contributed by atoms with van der Waals surface area (Å²) in [6.07, 6.45) is -1.05. The van der Waals surface area contributed by atoms with Crippen LogP contribution in [-0.2, 0) is 13.6 Å². The van der Waals surface area contributed by atoms with Crippen LogP contribution in [0, 0.1) is 6.92 Å². The van der Waals surface area contributed by atoms with Crippen molar-refractivity contribution >= 4 is 33.7 Å². The fraction of sp³-hybridized carbons (Fsp3) is 0.208. The number of aromatic amines is 2. The molecule has 36 heavy (non-hydrogen) atoms. The van der Waals surface area contributed by atoms with Gasteiger partial charge in [-0.05, 0) is 25.1 Å². The number of hydrogen-bond acceptors (Lipinski definition) is 8. The summed E-state index contributed by atoms with van der Waals surface area (Å²) in [5.74, 6) is 0.375. The molecule has 0 bridgehead atoms. The summed E-state index contributed by atoms with van der Waals surface area (Å²) < 4.78 is 8.20. The van der Waals surface area contributed by atoms with Crippen molar-refractivity contribution in [2.24, 2.45) is 17.3 Å². The van der Waals surface area contributed by atoms with E-state index in [2.05, 4.69) is 25.2 Å². The predicted molar refractivity (Wildman–Crippen MR) is 132 cm³/mol. The Bertz CT molecular complexity index is 1710. The molecule has 4 N–H and O–H groups in total. The zero-order valence-corrected chi connectivity index (χ0v) is 19.5. The first kappa shape index (κ1) is 23.1. The SMILES string of the molecule is Cc1ccc(OC[C@@H](O)Cn2c(N=Nc3c(O)[nH]c4ccccc34)nc3c2c(=O)[nH]c(=O)n3C)cc1. The standard InChI is InChI=1S/C24H23N7O5/c1-13-7-9-15(10-8-13)36-12-14(32)11-31-19-20(30(2)24(35)27-22(19)34)26-23(31)29-28-18-16-5-3-4-6-17(16)25-21(18)33/h3-10,14,25,32-33H,11-12H2,1-2H3,(H,27,34,35)/t14-/m0/s1. The number of ether oxygens (including phenoxy) is 1. The van der Waals surface area contributed by atoms with Gasteiger partial charge in [-0.15, -0.1) is 10.2 Å². The molecule has 3 aromatic heterocycles. The first-order chi connectivity index (χ1) is 17.3. The van der Waals surface area contributed by atoms with Crippen LogP contribution in [0.15, 0.2) is 68.3 Å². The number of aromatic hydroxyl groups is 1. The lowest BCUT2D eigenvalue weighted by Crippen LogP contribution is -2.30. The van der Waals surface area contributed by atoms with Crippen molar-refractivity contribution in [2.75, 3.05) is 6.61 Å². The summed E-state index contributed by atoms with van der Waals surface area (Å²) in [4.78, 5) is 34.2. The number of aryl methyl sites for hydroxylation is 2. The van der Waals surface area contributed by atoms with Gasteiger partial charge in [-0.25, -0.2) is 4.79 Å². The molecule has 0 aliphatic rings. The Labute approximate surface area is 203 Å². The van der Waals surface area contributed by atoms with E-state index in [1.807, 2.05) is 25.1 Å². The number of para-hydroxylation sites is 1. The zero-order valence-electron chi connectivity index (χ0n) is 19.5. The van der Waals surface area contributed by atoms with Crippen LogP contribution in [0.1, 0.15) is 5.56 Å². The Morgan fingerprint density at radius 3 is 2.61 bits per heavy atom. The van der Waals surface area contributed by atoms with Crippen molar-refractivity contribution in [3.05, 3.63) is 74.9 Å². The van der Waals surface area contributed by atoms with E-state index in [0.717, 1.165) is 5.56 Å². The Morgan fingerprint density at radius 2 is 1.83 bits per heavy atom. The molecule has 12 nitrogen and oxygen atoms in total. The number of aliphatic hydroxyl groups excluding tert-OH is 1. The number of aliphatic hydroxyl groups is 1. The molecule has 0 aliphatic carbocycles. The second kappa shape index (κ2) is 9.15. The average Bonchev–Trinajstić information content (AvgIpc) is 3.38. The maximum Gasteiger partial charge on any atom is 0.329 e. The molecule has 1 atom stereocenters. The Balaban J connectivity index is 1.52. The van der Waals surface area contributed by atoms with Crippen LogP contribution >= 0.6 is 0 Å². The quantitative estimate of drug-likeness (QED) is 0.257. The minimum atomic E-state index is -1.05. The lowest BCUT2D eigenvalue weighted by molar-refractivity contribution is 0.0937. The van der Waals surface area contributed by atoms with Gasteiger partial charge in [0.05, 0.1) is 12.1 Å². The predicted octanol–water partition coefficient (Wildman–Crippen LogP) is 2.77. The van der Waals surface area contributed by atoms with Crippen molar-refractivity contribution in [3.8, 4) is 11.6 Å². The molecule has 0 saturated heterocycles. The molecule has 184 valence electrons. The number of rotatable bonds is 7. The van der Waals surface area contributed by atoms with Crippen molar-refractivity contribution in [1.82, 2.24) is 24.1 Å². The molecule has 0 amide bonds. The molecular formula is C24H23N7O5. The molecule has 5 aromatic rings. The number of nitrogens with one attached hydrogen (secondary N) is 2. The third-order valence-corrected chi connectivity index (χ3v) is 5.74. The maximum atomic E-state index is 12.7. The van der Waals surface area contributed by atoms with E-state index in [-0.39, 0.29) is 41.8 Å². The van der Waals surface area contributed by atoms with Crippen molar-refractivity contribution in [2.45, 2.75) is 19.6 Å². The molecule has 12 heteroatoms. The highest BCUT2D eigenvalue weighted by molar-refractivity contribution is 5.94. The summed E-state index contributed by atoms with van der Waals surface area (Å²) in [5.41, 5.74) is 0.738. The van der Waals surface area contributed by atoms with Gasteiger partial charge in [0.15, 0.2) is 16.9 Å². The second-order valence-electron chi connectivity index (χ2n) is 8.36. The summed E-state index contributed by atoms with van der Waals surface area (Å²) in [6.45, 7) is 1.78. The lowest BCUT2D eigenvalue weighted by Gasteiger charge is -2.14. The fourth-order valence-electron chi connectivity index (χ4n) is 3.87. The summed E-state index contributed by atoms with van der Waals surface area (Å²) >= 11 is 0. The van der Waals surface area contributed by atoms with E-state index in [1.165, 1.54) is 16.2 Å². The van der Waals surface area contributed by atoms with Crippen LogP contribution in [-0.4, -0.2) is 47.0 Å². The highest BCUT2D eigenvalue weighted by atomic mass is 16.5. The molecule has 0 radical (unpaired) electrons. The van der Waals surface area contributed by atoms with Gasteiger partial charge in [0, 0.05) is 12.4 Å². The van der Waals surface area contributed by atoms with Gasteiger partial charge in [0.2, 0.25) is 5.88 Å². The first-order valence-corrected chi connectivity index (χ1v) is 11.1. The molecule has 0 unspecified atom stereocenters. The number of benzene rings is 2. The molecule has 0 aliphatic heterocycles. The van der Waals surface area contributed by atoms with Crippen LogP contribution in [0.4, 0.5) is 11.6 Å². The normalized spacial score (nSPS) is 12.6. The molecule has 0 spiro atoms. The van der Waals surface area contributed by atoms with E-state index in [4.69, 9.17) is 4.74 Å². The molecule has 0 saturated carbocycles. The fourth-order valence-corrected chi connectivity index (χ4v) is 3.87. The highest BCUT2D eigenvalue weighted by Crippen LogP contribution is 2.36. The van der Waals surface area contributed by atoms with Crippen LogP contribution < -0.4 is 16.0 Å².